The number of hydrogen-bond acceptors (Lipinski definition) is 3. The molecule has 2 atom stereocenters. The molecule has 1 saturated heterocycles. The molecule has 0 unspecified atom stereocenters. The van der Waals surface area contributed by atoms with Gasteiger partial charge in [0.25, 0.3) is 0 Å². The zero-order valence-corrected chi connectivity index (χ0v) is 12.1. The Morgan fingerprint density at radius 2 is 2.20 bits per heavy atom. The van der Waals surface area contributed by atoms with E-state index in [2.05, 4.69) is 11.9 Å². The van der Waals surface area contributed by atoms with Gasteiger partial charge in [-0.25, -0.2) is 4.79 Å². The number of carbonyl (C=O) groups excluding carboxylic acids is 2. The summed E-state index contributed by atoms with van der Waals surface area (Å²) >= 11 is 0. The van der Waals surface area contributed by atoms with Crippen molar-refractivity contribution in [3.8, 4) is 0 Å². The molecule has 0 aromatic rings. The zero-order valence-electron chi connectivity index (χ0n) is 12.1. The van der Waals surface area contributed by atoms with Gasteiger partial charge in [0.1, 0.15) is 6.10 Å². The van der Waals surface area contributed by atoms with E-state index < -0.39 is 0 Å². The van der Waals surface area contributed by atoms with E-state index >= 15 is 0 Å². The highest BCUT2D eigenvalue weighted by atomic mass is 16.5. The van der Waals surface area contributed by atoms with Crippen molar-refractivity contribution in [2.45, 2.75) is 38.7 Å². The Morgan fingerprint density at radius 1 is 1.45 bits per heavy atom. The van der Waals surface area contributed by atoms with Crippen molar-refractivity contribution in [2.24, 2.45) is 5.92 Å². The van der Waals surface area contributed by atoms with Gasteiger partial charge in [-0.3, -0.25) is 4.79 Å². The fraction of sp³-hybridized carbons (Fsp3) is 0.500. The van der Waals surface area contributed by atoms with E-state index in [9.17, 15) is 9.59 Å². The molecule has 20 heavy (non-hydrogen) atoms. The molecule has 4 heteroatoms. The first-order valence-electron chi connectivity index (χ1n) is 7.01. The van der Waals surface area contributed by atoms with Gasteiger partial charge in [0, 0.05) is 24.1 Å². The first kappa shape index (κ1) is 14.6. The normalized spacial score (nSPS) is 32.3. The van der Waals surface area contributed by atoms with Crippen LogP contribution in [0.25, 0.3) is 0 Å². The van der Waals surface area contributed by atoms with Gasteiger partial charge in [0.2, 0.25) is 5.91 Å². The number of fused-ring (bicyclic) bond motifs is 1. The van der Waals surface area contributed by atoms with E-state index in [1.807, 2.05) is 19.1 Å². The number of hydrogen-bond donors (Lipinski definition) is 1. The Hall–Kier alpha value is -1.84. The molecule has 0 saturated carbocycles. The minimum atomic E-state index is -0.311. The van der Waals surface area contributed by atoms with Crippen LogP contribution in [-0.4, -0.2) is 25.0 Å². The van der Waals surface area contributed by atoms with Crippen molar-refractivity contribution in [3.63, 3.8) is 0 Å². The van der Waals surface area contributed by atoms with Crippen LogP contribution in [0.1, 0.15) is 32.6 Å². The molecule has 1 heterocycles. The monoisotopic (exact) mass is 275 g/mol. The van der Waals surface area contributed by atoms with Crippen molar-refractivity contribution < 1.29 is 14.3 Å². The number of likely N-dealkylation sites (N-methyl/N-ethyl adjacent to an activating group) is 1. The zero-order chi connectivity index (χ0) is 14.7. The van der Waals surface area contributed by atoms with E-state index in [0.717, 1.165) is 18.4 Å². The third-order valence-electron chi connectivity index (χ3n) is 3.97. The van der Waals surface area contributed by atoms with E-state index in [1.165, 1.54) is 5.57 Å². The van der Waals surface area contributed by atoms with Crippen LogP contribution in [0.15, 0.2) is 35.5 Å². The predicted octanol–water partition coefficient (Wildman–Crippen LogP) is 2.28. The standard InChI is InChI=1S/C16H21NO3/c1-10-5-4-6-12(15(18)17-3)7-8-13-11(2)16(19)20-14(13)9-10/h6,9,13-14H,2,4-5,7-8H2,1,3H3,(H,17,18)/b10-9+,12-6-/t13-,14-/m1/s1. The number of ether oxygens (including phenoxy) is 1. The summed E-state index contributed by atoms with van der Waals surface area (Å²) in [5, 5.41) is 2.67. The smallest absolute Gasteiger partial charge is 0.334 e. The fourth-order valence-corrected chi connectivity index (χ4v) is 2.74. The van der Waals surface area contributed by atoms with Crippen LogP contribution in [0.4, 0.5) is 0 Å². The topological polar surface area (TPSA) is 55.4 Å². The molecule has 108 valence electrons. The molecule has 1 fully saturated rings. The lowest BCUT2D eigenvalue weighted by molar-refractivity contribution is -0.137. The lowest BCUT2D eigenvalue weighted by Gasteiger charge is -2.18. The molecular formula is C16H21NO3. The largest absolute Gasteiger partial charge is 0.454 e. The highest BCUT2D eigenvalue weighted by Crippen LogP contribution is 2.34. The summed E-state index contributed by atoms with van der Waals surface area (Å²) in [6.07, 6.45) is 6.85. The van der Waals surface area contributed by atoms with E-state index in [-0.39, 0.29) is 23.9 Å². The highest BCUT2D eigenvalue weighted by molar-refractivity contribution is 5.93. The Morgan fingerprint density at radius 3 is 2.90 bits per heavy atom. The predicted molar refractivity (Wildman–Crippen MR) is 76.9 cm³/mol. The van der Waals surface area contributed by atoms with Gasteiger partial charge in [-0.15, -0.1) is 0 Å². The molecule has 0 aromatic carbocycles. The van der Waals surface area contributed by atoms with Gasteiger partial charge >= 0.3 is 5.97 Å². The SMILES string of the molecule is C=C1C(=O)O[C@@H]2/C=C(\C)CC/C=C(\C(=O)NC)CC[C@H]12. The summed E-state index contributed by atoms with van der Waals surface area (Å²) in [6, 6.07) is 0. The second-order valence-corrected chi connectivity index (χ2v) is 5.40. The number of nitrogens with one attached hydrogen (secondary N) is 1. The molecule has 0 bridgehead atoms. The van der Waals surface area contributed by atoms with Gasteiger partial charge in [-0.1, -0.05) is 18.2 Å². The van der Waals surface area contributed by atoms with Gasteiger partial charge in [0.05, 0.1) is 0 Å². The lowest BCUT2D eigenvalue weighted by Crippen LogP contribution is -2.22. The maximum Gasteiger partial charge on any atom is 0.334 e. The van der Waals surface area contributed by atoms with E-state index in [4.69, 9.17) is 4.74 Å². The highest BCUT2D eigenvalue weighted by Gasteiger charge is 2.37. The Bertz CT molecular complexity index is 502. The Kier molecular flexibility index (Phi) is 4.42. The Balaban J connectivity index is 2.24. The molecule has 1 aliphatic heterocycles. The average Bonchev–Trinajstić information content (AvgIpc) is 2.68. The van der Waals surface area contributed by atoms with Crippen LogP contribution in [0.5, 0.6) is 0 Å². The molecular weight excluding hydrogens is 254 g/mol. The van der Waals surface area contributed by atoms with Crippen LogP contribution < -0.4 is 5.32 Å². The van der Waals surface area contributed by atoms with Crippen LogP contribution in [0, 0.1) is 5.92 Å². The fourth-order valence-electron chi connectivity index (χ4n) is 2.74. The maximum absolute atomic E-state index is 11.8. The van der Waals surface area contributed by atoms with Crippen molar-refractivity contribution in [3.05, 3.63) is 35.5 Å². The summed E-state index contributed by atoms with van der Waals surface area (Å²) in [4.78, 5) is 23.5. The van der Waals surface area contributed by atoms with Gasteiger partial charge in [0.15, 0.2) is 0 Å². The van der Waals surface area contributed by atoms with Crippen LogP contribution >= 0.6 is 0 Å². The van der Waals surface area contributed by atoms with Crippen molar-refractivity contribution in [2.75, 3.05) is 7.05 Å². The van der Waals surface area contributed by atoms with Crippen molar-refractivity contribution in [1.29, 1.82) is 0 Å². The molecule has 4 nitrogen and oxygen atoms in total. The molecule has 1 N–H and O–H groups in total. The third-order valence-corrected chi connectivity index (χ3v) is 3.97. The molecule has 2 aliphatic rings. The van der Waals surface area contributed by atoms with Crippen LogP contribution in [0.2, 0.25) is 0 Å². The molecule has 0 aromatic heterocycles. The molecule has 1 amide bonds. The van der Waals surface area contributed by atoms with Crippen LogP contribution in [-0.2, 0) is 14.3 Å². The first-order chi connectivity index (χ1) is 9.52. The number of allylic oxidation sites excluding steroid dienone is 2. The van der Waals surface area contributed by atoms with Gasteiger partial charge in [-0.2, -0.15) is 0 Å². The van der Waals surface area contributed by atoms with Crippen molar-refractivity contribution in [1.82, 2.24) is 5.32 Å². The number of rotatable bonds is 1. The second kappa shape index (κ2) is 6.07. The number of carbonyl (C=O) groups is 2. The van der Waals surface area contributed by atoms with Gasteiger partial charge < -0.3 is 10.1 Å². The summed E-state index contributed by atoms with van der Waals surface area (Å²) in [5.74, 6) is -0.378. The number of esters is 1. The Labute approximate surface area is 119 Å². The lowest BCUT2D eigenvalue weighted by atomic mass is 9.87. The average molecular weight is 275 g/mol. The minimum Gasteiger partial charge on any atom is -0.454 e. The van der Waals surface area contributed by atoms with Crippen molar-refractivity contribution >= 4 is 11.9 Å². The number of amides is 1. The third kappa shape index (κ3) is 3.00. The maximum atomic E-state index is 11.8. The quantitative estimate of drug-likeness (QED) is 0.454. The minimum absolute atomic E-state index is 0.0244. The molecule has 0 spiro atoms. The summed E-state index contributed by atoms with van der Waals surface area (Å²) in [6.45, 7) is 5.87. The molecule has 2 rings (SSSR count). The molecule has 1 aliphatic carbocycles. The van der Waals surface area contributed by atoms with E-state index in [1.54, 1.807) is 7.05 Å². The second-order valence-electron chi connectivity index (χ2n) is 5.40. The van der Waals surface area contributed by atoms with Gasteiger partial charge in [-0.05, 0) is 38.7 Å². The van der Waals surface area contributed by atoms with Crippen LogP contribution in [0.3, 0.4) is 0 Å². The molecule has 0 radical (unpaired) electrons. The summed E-state index contributed by atoms with van der Waals surface area (Å²) < 4.78 is 5.37. The van der Waals surface area contributed by atoms with E-state index in [0.29, 0.717) is 18.4 Å². The summed E-state index contributed by atoms with van der Waals surface area (Å²) in [5.41, 5.74) is 2.49. The summed E-state index contributed by atoms with van der Waals surface area (Å²) in [7, 11) is 1.64. The first-order valence-corrected chi connectivity index (χ1v) is 7.01.